The molecule has 194 valence electrons. The van der Waals surface area contributed by atoms with Crippen molar-refractivity contribution < 1.29 is 9.90 Å². The first kappa shape index (κ1) is 25.7. The third kappa shape index (κ3) is 5.20. The summed E-state index contributed by atoms with van der Waals surface area (Å²) in [5.41, 5.74) is 3.56. The van der Waals surface area contributed by atoms with Gasteiger partial charge in [0.25, 0.3) is 11.5 Å². The number of nitrogens with zero attached hydrogens (tertiary/aromatic N) is 2. The fraction of sp³-hybridized carbons (Fsp3) is 0.258. The molecular weight excluding hydrogens is 494 g/mol. The molecule has 38 heavy (non-hydrogen) atoms. The van der Waals surface area contributed by atoms with Gasteiger partial charge in [0.2, 0.25) is 0 Å². The van der Waals surface area contributed by atoms with E-state index in [4.69, 9.17) is 4.98 Å². The molecule has 0 spiro atoms. The summed E-state index contributed by atoms with van der Waals surface area (Å²) in [5.74, 6) is -0.909. The average molecular weight is 526 g/mol. The molecule has 2 aromatic heterocycles. The number of hydrogen-bond donors (Lipinski definition) is 2. The van der Waals surface area contributed by atoms with Crippen LogP contribution in [0.5, 0.6) is 5.75 Å². The van der Waals surface area contributed by atoms with Crippen LogP contribution >= 0.6 is 11.3 Å². The van der Waals surface area contributed by atoms with Crippen molar-refractivity contribution in [3.63, 3.8) is 0 Å². The molecule has 0 bridgehead atoms. The van der Waals surface area contributed by atoms with Crippen LogP contribution in [-0.4, -0.2) is 20.6 Å². The molecule has 0 aliphatic rings. The van der Waals surface area contributed by atoms with Gasteiger partial charge in [0, 0.05) is 23.2 Å². The molecule has 6 nitrogen and oxygen atoms in total. The predicted molar refractivity (Wildman–Crippen MR) is 156 cm³/mol. The van der Waals surface area contributed by atoms with Crippen molar-refractivity contribution in [1.29, 1.82) is 0 Å². The number of carbonyl (C=O) groups excluding carboxylic acids is 1. The number of aromatic hydroxyl groups is 1. The Morgan fingerprint density at radius 3 is 2.55 bits per heavy atom. The first-order valence-corrected chi connectivity index (χ1v) is 13.9. The second-order valence-electron chi connectivity index (χ2n) is 9.63. The van der Waals surface area contributed by atoms with E-state index in [1.807, 2.05) is 36.4 Å². The number of amides is 1. The molecule has 0 aliphatic heterocycles. The summed E-state index contributed by atoms with van der Waals surface area (Å²) in [6, 6.07) is 20.7. The first-order valence-electron chi connectivity index (χ1n) is 13.1. The monoisotopic (exact) mass is 525 g/mol. The van der Waals surface area contributed by atoms with Crippen LogP contribution in [0.2, 0.25) is 0 Å². The molecule has 1 amide bonds. The molecule has 0 saturated carbocycles. The van der Waals surface area contributed by atoms with Gasteiger partial charge in [-0.25, -0.2) is 4.98 Å². The summed E-state index contributed by atoms with van der Waals surface area (Å²) >= 11 is 1.62. The lowest BCUT2D eigenvalue weighted by Crippen LogP contribution is -2.30. The predicted octanol–water partition coefficient (Wildman–Crippen LogP) is 7.51. The van der Waals surface area contributed by atoms with Gasteiger partial charge in [-0.2, -0.15) is 0 Å². The summed E-state index contributed by atoms with van der Waals surface area (Å²) < 4.78 is 2.75. The highest BCUT2D eigenvalue weighted by Gasteiger charge is 2.22. The number of nitrogens with one attached hydrogen (secondary N) is 1. The van der Waals surface area contributed by atoms with E-state index in [0.29, 0.717) is 23.1 Å². The lowest BCUT2D eigenvalue weighted by Gasteiger charge is -2.15. The Kier molecular flexibility index (Phi) is 7.56. The Hall–Kier alpha value is -3.97. The van der Waals surface area contributed by atoms with Crippen molar-refractivity contribution in [2.45, 2.75) is 52.5 Å². The van der Waals surface area contributed by atoms with E-state index in [9.17, 15) is 14.7 Å². The van der Waals surface area contributed by atoms with Crippen LogP contribution < -0.4 is 10.9 Å². The number of anilines is 1. The normalized spacial score (nSPS) is 11.3. The molecular formula is C31H31N3O3S. The average Bonchev–Trinajstić information content (AvgIpc) is 3.34. The van der Waals surface area contributed by atoms with E-state index in [-0.39, 0.29) is 11.3 Å². The van der Waals surface area contributed by atoms with Gasteiger partial charge in [-0.3, -0.25) is 9.59 Å². The largest absolute Gasteiger partial charge is 0.506 e. The van der Waals surface area contributed by atoms with Gasteiger partial charge in [-0.1, -0.05) is 50.8 Å². The van der Waals surface area contributed by atoms with Crippen molar-refractivity contribution in [3.8, 4) is 16.3 Å². The molecule has 5 rings (SSSR count). The number of thiazole rings is 1. The Bertz CT molecular complexity index is 1670. The molecule has 0 fully saturated rings. The zero-order chi connectivity index (χ0) is 26.6. The van der Waals surface area contributed by atoms with Gasteiger partial charge in [0.1, 0.15) is 16.3 Å². The van der Waals surface area contributed by atoms with E-state index in [1.165, 1.54) is 5.56 Å². The molecule has 0 saturated heterocycles. The zero-order valence-electron chi connectivity index (χ0n) is 21.7. The van der Waals surface area contributed by atoms with E-state index >= 15 is 0 Å². The summed E-state index contributed by atoms with van der Waals surface area (Å²) in [6.45, 7) is 4.73. The van der Waals surface area contributed by atoms with Crippen molar-refractivity contribution >= 4 is 44.1 Å². The van der Waals surface area contributed by atoms with Gasteiger partial charge in [0.15, 0.2) is 0 Å². The quantitative estimate of drug-likeness (QED) is 0.195. The number of fused-ring (bicyclic) bond motifs is 2. The zero-order valence-corrected chi connectivity index (χ0v) is 22.5. The minimum atomic E-state index is -0.624. The number of carbonyl (C=O) groups is 1. The number of benzene rings is 3. The van der Waals surface area contributed by atoms with E-state index in [1.54, 1.807) is 40.2 Å². The lowest BCUT2D eigenvalue weighted by atomic mass is 10.1. The molecule has 0 aliphatic carbocycles. The van der Waals surface area contributed by atoms with Crippen LogP contribution in [0, 0.1) is 6.92 Å². The Morgan fingerprint density at radius 1 is 1.00 bits per heavy atom. The van der Waals surface area contributed by atoms with Gasteiger partial charge in [0.05, 0.1) is 15.7 Å². The maximum atomic E-state index is 13.4. The minimum absolute atomic E-state index is 0.233. The SMILES string of the molecule is CCCCCCCn1c(=O)c(C(=O)Nc2ccc(-c3nc4ccc(C)cc4s3)cc2)c(O)c2ccccc21. The van der Waals surface area contributed by atoms with Crippen LogP contribution in [0.4, 0.5) is 5.69 Å². The van der Waals surface area contributed by atoms with Crippen LogP contribution in [-0.2, 0) is 6.54 Å². The summed E-state index contributed by atoms with van der Waals surface area (Å²) in [5, 5.41) is 15.1. The van der Waals surface area contributed by atoms with Crippen molar-refractivity contribution in [2.24, 2.45) is 0 Å². The number of unbranched alkanes of at least 4 members (excludes halogenated alkanes) is 4. The summed E-state index contributed by atoms with van der Waals surface area (Å²) in [4.78, 5) is 31.4. The highest BCUT2D eigenvalue weighted by molar-refractivity contribution is 7.21. The van der Waals surface area contributed by atoms with Gasteiger partial charge >= 0.3 is 0 Å². The van der Waals surface area contributed by atoms with Crippen molar-refractivity contribution in [1.82, 2.24) is 9.55 Å². The number of hydrogen-bond acceptors (Lipinski definition) is 5. The summed E-state index contributed by atoms with van der Waals surface area (Å²) in [7, 11) is 0. The molecule has 0 atom stereocenters. The van der Waals surface area contributed by atoms with Gasteiger partial charge in [-0.05, 0) is 67.4 Å². The van der Waals surface area contributed by atoms with Crippen molar-refractivity contribution in [3.05, 3.63) is 88.2 Å². The van der Waals surface area contributed by atoms with E-state index < -0.39 is 11.5 Å². The fourth-order valence-corrected chi connectivity index (χ4v) is 5.80. The number of pyridine rings is 1. The highest BCUT2D eigenvalue weighted by atomic mass is 32.1. The maximum Gasteiger partial charge on any atom is 0.267 e. The highest BCUT2D eigenvalue weighted by Crippen LogP contribution is 2.32. The third-order valence-corrected chi connectivity index (χ3v) is 7.86. The number of rotatable bonds is 9. The smallest absolute Gasteiger partial charge is 0.267 e. The number of para-hydroxylation sites is 1. The lowest BCUT2D eigenvalue weighted by molar-refractivity contribution is 0.102. The fourth-order valence-electron chi connectivity index (χ4n) is 4.73. The Balaban J connectivity index is 1.40. The number of aryl methyl sites for hydroxylation is 2. The van der Waals surface area contributed by atoms with Gasteiger partial charge < -0.3 is 15.0 Å². The molecule has 2 N–H and O–H groups in total. The maximum absolute atomic E-state index is 13.4. The molecule has 0 radical (unpaired) electrons. The molecule has 2 heterocycles. The summed E-state index contributed by atoms with van der Waals surface area (Å²) in [6.07, 6.45) is 5.27. The second kappa shape index (κ2) is 11.2. The Morgan fingerprint density at radius 2 is 1.76 bits per heavy atom. The number of aromatic nitrogens is 2. The topological polar surface area (TPSA) is 84.2 Å². The van der Waals surface area contributed by atoms with E-state index in [2.05, 4.69) is 25.2 Å². The van der Waals surface area contributed by atoms with Gasteiger partial charge in [-0.15, -0.1) is 11.3 Å². The molecule has 0 unspecified atom stereocenters. The van der Waals surface area contributed by atoms with E-state index in [0.717, 1.165) is 52.9 Å². The first-order chi connectivity index (χ1) is 18.5. The van der Waals surface area contributed by atoms with Crippen LogP contribution in [0.25, 0.3) is 31.7 Å². The second-order valence-corrected chi connectivity index (χ2v) is 10.7. The third-order valence-electron chi connectivity index (χ3n) is 6.79. The molecule has 3 aromatic carbocycles. The van der Waals surface area contributed by atoms with Crippen LogP contribution in [0.3, 0.4) is 0 Å². The Labute approximate surface area is 225 Å². The van der Waals surface area contributed by atoms with Crippen molar-refractivity contribution in [2.75, 3.05) is 5.32 Å². The minimum Gasteiger partial charge on any atom is -0.506 e. The van der Waals surface area contributed by atoms with Crippen LogP contribution in [0.15, 0.2) is 71.5 Å². The molecule has 5 aromatic rings. The van der Waals surface area contributed by atoms with Crippen LogP contribution in [0.1, 0.15) is 54.9 Å². The standard InChI is InChI=1S/C31H31N3O3S/c1-3-4-5-6-9-18-34-25-11-8-7-10-23(25)28(35)27(31(34)37)29(36)32-22-15-13-21(14-16-22)30-33-24-17-12-20(2)19-26(24)38-30/h7-8,10-17,19,35H,3-6,9,18H2,1-2H3,(H,32,36). The molecule has 7 heteroatoms.